The van der Waals surface area contributed by atoms with E-state index in [1.807, 2.05) is 43.3 Å². The molecule has 0 unspecified atom stereocenters. The molecular formula is C30H32FN3O3. The third-order valence-electron chi connectivity index (χ3n) is 7.15. The largest absolute Gasteiger partial charge is 0.491 e. The van der Waals surface area contributed by atoms with Crippen molar-refractivity contribution >= 4 is 22.5 Å². The molecule has 3 aromatic carbocycles. The van der Waals surface area contributed by atoms with Gasteiger partial charge >= 0.3 is 0 Å². The van der Waals surface area contributed by atoms with Gasteiger partial charge in [0.2, 0.25) is 0 Å². The first kappa shape index (κ1) is 24.8. The maximum atomic E-state index is 13.2. The molecule has 192 valence electrons. The highest BCUT2D eigenvalue weighted by Gasteiger charge is 2.27. The molecule has 1 aromatic heterocycles. The van der Waals surface area contributed by atoms with Crippen molar-refractivity contribution in [3.05, 3.63) is 83.7 Å². The first-order valence-electron chi connectivity index (χ1n) is 12.7. The van der Waals surface area contributed by atoms with Gasteiger partial charge in [-0.15, -0.1) is 0 Å². The molecule has 3 N–H and O–H groups in total. The number of fused-ring (bicyclic) bond motifs is 1. The van der Waals surface area contributed by atoms with Gasteiger partial charge in [0, 0.05) is 35.7 Å². The van der Waals surface area contributed by atoms with Crippen LogP contribution in [-0.4, -0.2) is 30.8 Å². The summed E-state index contributed by atoms with van der Waals surface area (Å²) < 4.78 is 26.5. The molecule has 0 spiro atoms. The monoisotopic (exact) mass is 501 g/mol. The Bertz CT molecular complexity index is 1390. The van der Waals surface area contributed by atoms with Crippen LogP contribution in [0.1, 0.15) is 54.2 Å². The van der Waals surface area contributed by atoms with Crippen LogP contribution in [0.3, 0.4) is 0 Å². The molecule has 1 aliphatic rings. The summed E-state index contributed by atoms with van der Waals surface area (Å²) in [6.45, 7) is 2.89. The number of nitrogen functional groups attached to an aromatic ring is 1. The number of halogens is 1. The van der Waals surface area contributed by atoms with Gasteiger partial charge in [0.1, 0.15) is 18.2 Å². The normalized spacial score (nSPS) is 14.4. The number of hydrogen-bond acceptors (Lipinski definition) is 4. The molecule has 1 saturated carbocycles. The van der Waals surface area contributed by atoms with E-state index in [0.717, 1.165) is 52.0 Å². The van der Waals surface area contributed by atoms with E-state index in [-0.39, 0.29) is 17.8 Å². The lowest BCUT2D eigenvalue weighted by molar-refractivity contribution is 0.0940. The molecule has 1 atom stereocenters. The van der Waals surface area contributed by atoms with Gasteiger partial charge < -0.3 is 25.1 Å². The number of nitrogens with one attached hydrogen (secondary N) is 1. The number of aromatic nitrogens is 1. The van der Waals surface area contributed by atoms with Crippen LogP contribution in [-0.2, 0) is 4.74 Å². The Morgan fingerprint density at radius 2 is 1.81 bits per heavy atom. The van der Waals surface area contributed by atoms with Crippen molar-refractivity contribution in [2.24, 2.45) is 0 Å². The highest BCUT2D eigenvalue weighted by atomic mass is 19.1. The summed E-state index contributed by atoms with van der Waals surface area (Å²) in [5.74, 6) is 0.302. The van der Waals surface area contributed by atoms with E-state index in [4.69, 9.17) is 15.2 Å². The predicted molar refractivity (Wildman–Crippen MR) is 144 cm³/mol. The zero-order valence-electron chi connectivity index (χ0n) is 21.2. The third-order valence-corrected chi connectivity index (χ3v) is 7.15. The Morgan fingerprint density at radius 1 is 1.08 bits per heavy atom. The number of anilines is 1. The standard InChI is InChI=1S/C30H32FN3O3/c1-19(20-10-12-23(31)13-11-20)33-30(35)22-8-6-21(7-9-22)29-28(32)26-15-14-25(37-17-16-36-2)18-27(26)34(29)24-4-3-5-24/h6-15,18-19,24H,3-5,16-17,32H2,1-2H3,(H,33,35)/t19-/m1/s1. The van der Waals surface area contributed by atoms with Crippen LogP contribution in [0.15, 0.2) is 66.7 Å². The quantitative estimate of drug-likeness (QED) is 0.265. The summed E-state index contributed by atoms with van der Waals surface area (Å²) in [4.78, 5) is 12.9. The summed E-state index contributed by atoms with van der Waals surface area (Å²) in [7, 11) is 1.66. The summed E-state index contributed by atoms with van der Waals surface area (Å²) in [5.41, 5.74) is 11.8. The van der Waals surface area contributed by atoms with Crippen molar-refractivity contribution in [3.8, 4) is 17.0 Å². The number of nitrogens with two attached hydrogens (primary N) is 1. The van der Waals surface area contributed by atoms with Gasteiger partial charge in [-0.1, -0.05) is 24.3 Å². The molecule has 1 fully saturated rings. The minimum atomic E-state index is -0.300. The van der Waals surface area contributed by atoms with Crippen LogP contribution < -0.4 is 15.8 Å². The van der Waals surface area contributed by atoms with Crippen molar-refractivity contribution in [1.29, 1.82) is 0 Å². The third kappa shape index (κ3) is 5.04. The number of ether oxygens (including phenoxy) is 2. The number of rotatable bonds is 9. The average Bonchev–Trinajstić information content (AvgIpc) is 3.15. The van der Waals surface area contributed by atoms with E-state index >= 15 is 0 Å². The average molecular weight is 502 g/mol. The van der Waals surface area contributed by atoms with E-state index in [9.17, 15) is 9.18 Å². The fraction of sp³-hybridized carbons (Fsp3) is 0.300. The van der Waals surface area contributed by atoms with Gasteiger partial charge in [-0.3, -0.25) is 4.79 Å². The number of carbonyl (C=O) groups is 1. The second-order valence-electron chi connectivity index (χ2n) is 9.56. The van der Waals surface area contributed by atoms with Crippen molar-refractivity contribution < 1.29 is 18.7 Å². The molecule has 5 rings (SSSR count). The number of nitrogens with zero attached hydrogens (tertiary/aromatic N) is 1. The fourth-order valence-corrected chi connectivity index (χ4v) is 4.86. The van der Waals surface area contributed by atoms with Crippen LogP contribution in [0, 0.1) is 5.82 Å². The number of hydrogen-bond donors (Lipinski definition) is 2. The van der Waals surface area contributed by atoms with Crippen LogP contribution in [0.2, 0.25) is 0 Å². The van der Waals surface area contributed by atoms with Crippen molar-refractivity contribution in [1.82, 2.24) is 9.88 Å². The summed E-state index contributed by atoms with van der Waals surface area (Å²) in [6.07, 6.45) is 3.40. The van der Waals surface area contributed by atoms with Gasteiger partial charge in [0.25, 0.3) is 5.91 Å². The van der Waals surface area contributed by atoms with E-state index in [1.54, 1.807) is 19.2 Å². The first-order valence-corrected chi connectivity index (χ1v) is 12.7. The Morgan fingerprint density at radius 3 is 2.46 bits per heavy atom. The molecular weight excluding hydrogens is 469 g/mol. The molecule has 7 heteroatoms. The van der Waals surface area contributed by atoms with Gasteiger partial charge in [-0.2, -0.15) is 0 Å². The Balaban J connectivity index is 1.42. The molecule has 0 saturated heterocycles. The molecule has 1 heterocycles. The van der Waals surface area contributed by atoms with E-state index in [1.165, 1.54) is 18.6 Å². The lowest BCUT2D eigenvalue weighted by Gasteiger charge is -2.30. The molecule has 1 amide bonds. The Kier molecular flexibility index (Phi) is 7.15. The molecule has 0 bridgehead atoms. The fourth-order valence-electron chi connectivity index (χ4n) is 4.86. The SMILES string of the molecule is COCCOc1ccc2c(N)c(-c3ccc(C(=O)N[C@H](C)c4ccc(F)cc4)cc3)n(C3CCC3)c2c1. The van der Waals surface area contributed by atoms with Gasteiger partial charge in [-0.05, 0) is 68.1 Å². The smallest absolute Gasteiger partial charge is 0.251 e. The number of amides is 1. The highest BCUT2D eigenvalue weighted by Crippen LogP contribution is 2.44. The van der Waals surface area contributed by atoms with E-state index < -0.39 is 0 Å². The zero-order valence-corrected chi connectivity index (χ0v) is 21.2. The summed E-state index contributed by atoms with van der Waals surface area (Å²) in [5, 5.41) is 3.98. The summed E-state index contributed by atoms with van der Waals surface area (Å²) in [6, 6.07) is 19.9. The first-order chi connectivity index (χ1) is 18.0. The van der Waals surface area contributed by atoms with Gasteiger partial charge in [-0.25, -0.2) is 4.39 Å². The lowest BCUT2D eigenvalue weighted by atomic mass is 9.92. The second-order valence-corrected chi connectivity index (χ2v) is 9.56. The van der Waals surface area contributed by atoms with Gasteiger partial charge in [0.15, 0.2) is 0 Å². The molecule has 6 nitrogen and oxygen atoms in total. The number of methoxy groups -OCH3 is 1. The van der Waals surface area contributed by atoms with Crippen molar-refractivity contribution in [2.45, 2.75) is 38.3 Å². The Labute approximate surface area is 216 Å². The lowest BCUT2D eigenvalue weighted by Crippen LogP contribution is -2.26. The van der Waals surface area contributed by atoms with E-state index in [0.29, 0.717) is 24.8 Å². The van der Waals surface area contributed by atoms with E-state index in [2.05, 4.69) is 16.0 Å². The van der Waals surface area contributed by atoms with Gasteiger partial charge in [0.05, 0.1) is 29.5 Å². The van der Waals surface area contributed by atoms with Crippen molar-refractivity contribution in [2.75, 3.05) is 26.1 Å². The second kappa shape index (κ2) is 10.6. The molecule has 1 aliphatic carbocycles. The van der Waals surface area contributed by atoms with Crippen LogP contribution in [0.5, 0.6) is 5.75 Å². The minimum Gasteiger partial charge on any atom is -0.491 e. The highest BCUT2D eigenvalue weighted by molar-refractivity contribution is 6.02. The maximum absolute atomic E-state index is 13.2. The van der Waals surface area contributed by atoms with Crippen LogP contribution >= 0.6 is 0 Å². The molecule has 0 aliphatic heterocycles. The number of benzene rings is 3. The Hall–Kier alpha value is -3.84. The molecule has 37 heavy (non-hydrogen) atoms. The molecule has 0 radical (unpaired) electrons. The molecule has 4 aromatic rings. The summed E-state index contributed by atoms with van der Waals surface area (Å²) >= 11 is 0. The maximum Gasteiger partial charge on any atom is 0.251 e. The number of carbonyl (C=O) groups excluding carboxylic acids is 1. The zero-order chi connectivity index (χ0) is 25.9. The minimum absolute atomic E-state index is 0.186. The van der Waals surface area contributed by atoms with Crippen molar-refractivity contribution in [3.63, 3.8) is 0 Å². The topological polar surface area (TPSA) is 78.5 Å². The predicted octanol–water partition coefficient (Wildman–Crippen LogP) is 6.27. The van der Waals surface area contributed by atoms with Crippen LogP contribution in [0.4, 0.5) is 10.1 Å². The van der Waals surface area contributed by atoms with Crippen LogP contribution in [0.25, 0.3) is 22.2 Å².